The van der Waals surface area contributed by atoms with Gasteiger partial charge in [0.15, 0.2) is 0 Å². The molecule has 21 heavy (non-hydrogen) atoms. The fraction of sp³-hybridized carbons (Fsp3) is 0.438. The fourth-order valence-electron chi connectivity index (χ4n) is 2.79. The van der Waals surface area contributed by atoms with E-state index in [2.05, 4.69) is 38.9 Å². The number of benzene rings is 1. The fourth-order valence-corrected chi connectivity index (χ4v) is 4.20. The largest absolute Gasteiger partial charge is 0.398 e. The molecule has 0 saturated heterocycles. The van der Waals surface area contributed by atoms with Crippen molar-refractivity contribution in [3.8, 4) is 0 Å². The molecule has 1 aliphatic carbocycles. The zero-order chi connectivity index (χ0) is 14.7. The molecule has 112 valence electrons. The van der Waals surface area contributed by atoms with Crippen molar-refractivity contribution in [1.82, 2.24) is 9.78 Å². The molecule has 1 aromatic carbocycles. The summed E-state index contributed by atoms with van der Waals surface area (Å²) in [6, 6.07) is 8.71. The normalized spacial score (nSPS) is 16.2. The number of hydrogen-bond donors (Lipinski definition) is 1. The number of thioether (sulfide) groups is 1. The van der Waals surface area contributed by atoms with E-state index < -0.39 is 0 Å². The molecule has 0 bridgehead atoms. The number of hydrogen-bond acceptors (Lipinski definition) is 3. The molecular weight excluding hydrogens is 346 g/mol. The minimum absolute atomic E-state index is 0.605. The third-order valence-electron chi connectivity index (χ3n) is 3.96. The van der Waals surface area contributed by atoms with Crippen molar-refractivity contribution in [2.45, 2.75) is 48.8 Å². The summed E-state index contributed by atoms with van der Waals surface area (Å²) in [6.45, 7) is 0. The number of anilines is 1. The predicted octanol–water partition coefficient (Wildman–Crippen LogP) is 5.03. The topological polar surface area (TPSA) is 43.8 Å². The van der Waals surface area contributed by atoms with Gasteiger partial charge in [0, 0.05) is 27.0 Å². The van der Waals surface area contributed by atoms with Crippen LogP contribution in [0, 0.1) is 0 Å². The summed E-state index contributed by atoms with van der Waals surface area (Å²) < 4.78 is 3.23. The zero-order valence-corrected chi connectivity index (χ0v) is 14.4. The predicted molar refractivity (Wildman–Crippen MR) is 92.5 cm³/mol. The summed E-state index contributed by atoms with van der Waals surface area (Å²) in [6.07, 6.45) is 8.73. The Morgan fingerprint density at radius 2 is 2.05 bits per heavy atom. The Labute approximate surface area is 138 Å². The number of aromatic nitrogens is 2. The van der Waals surface area contributed by atoms with E-state index in [0.717, 1.165) is 26.5 Å². The minimum Gasteiger partial charge on any atom is -0.398 e. The molecule has 3 rings (SSSR count). The smallest absolute Gasteiger partial charge is 0.0727 e. The first-order chi connectivity index (χ1) is 10.2. The van der Waals surface area contributed by atoms with Crippen LogP contribution >= 0.6 is 27.7 Å². The van der Waals surface area contributed by atoms with Crippen LogP contribution in [0.4, 0.5) is 5.69 Å². The summed E-state index contributed by atoms with van der Waals surface area (Å²) in [7, 11) is 0. The van der Waals surface area contributed by atoms with Gasteiger partial charge >= 0.3 is 0 Å². The second-order valence-corrected chi connectivity index (χ2v) is 7.48. The van der Waals surface area contributed by atoms with Gasteiger partial charge in [-0.15, -0.1) is 11.8 Å². The van der Waals surface area contributed by atoms with Crippen molar-refractivity contribution >= 4 is 33.4 Å². The monoisotopic (exact) mass is 365 g/mol. The molecule has 0 radical (unpaired) electrons. The molecule has 0 aliphatic heterocycles. The summed E-state index contributed by atoms with van der Waals surface area (Å²) >= 11 is 5.23. The highest BCUT2D eigenvalue weighted by molar-refractivity contribution is 9.10. The van der Waals surface area contributed by atoms with Crippen molar-refractivity contribution in [3.05, 3.63) is 40.6 Å². The maximum Gasteiger partial charge on any atom is 0.0727 e. The van der Waals surface area contributed by atoms with E-state index in [0.29, 0.717) is 6.04 Å². The molecule has 1 heterocycles. The van der Waals surface area contributed by atoms with Gasteiger partial charge < -0.3 is 5.73 Å². The third kappa shape index (κ3) is 3.83. The molecular formula is C16H20BrN3S. The zero-order valence-electron chi connectivity index (χ0n) is 12.0. The Morgan fingerprint density at radius 3 is 2.86 bits per heavy atom. The van der Waals surface area contributed by atoms with E-state index in [1.54, 1.807) is 11.8 Å². The number of nitrogens with zero attached hydrogens (tertiary/aromatic N) is 2. The first-order valence-electron chi connectivity index (χ1n) is 7.44. The van der Waals surface area contributed by atoms with E-state index in [9.17, 15) is 0 Å². The van der Waals surface area contributed by atoms with Crippen LogP contribution in [-0.4, -0.2) is 9.78 Å². The molecule has 3 nitrogen and oxygen atoms in total. The Hall–Kier alpha value is -0.940. The van der Waals surface area contributed by atoms with Gasteiger partial charge in [-0.1, -0.05) is 35.2 Å². The SMILES string of the molecule is Nc1ccc(Br)cc1SCc1ccn(C2CCCCC2)n1. The first-order valence-corrected chi connectivity index (χ1v) is 9.22. The summed E-state index contributed by atoms with van der Waals surface area (Å²) in [5.41, 5.74) is 7.97. The average Bonchev–Trinajstić information content (AvgIpc) is 2.98. The Morgan fingerprint density at radius 1 is 1.24 bits per heavy atom. The van der Waals surface area contributed by atoms with Crippen LogP contribution < -0.4 is 5.73 Å². The highest BCUT2D eigenvalue weighted by atomic mass is 79.9. The molecule has 0 spiro atoms. The van der Waals surface area contributed by atoms with E-state index >= 15 is 0 Å². The van der Waals surface area contributed by atoms with Gasteiger partial charge in [0.25, 0.3) is 0 Å². The molecule has 2 aromatic rings. The van der Waals surface area contributed by atoms with Gasteiger partial charge in [-0.05, 0) is 37.1 Å². The maximum atomic E-state index is 6.01. The molecule has 1 fully saturated rings. The number of nitrogens with two attached hydrogens (primary N) is 1. The second-order valence-electron chi connectivity index (χ2n) is 5.55. The summed E-state index contributed by atoms with van der Waals surface area (Å²) in [5.74, 6) is 0.861. The lowest BCUT2D eigenvalue weighted by Crippen LogP contribution is -2.13. The molecule has 0 amide bonds. The van der Waals surface area contributed by atoms with Gasteiger partial charge in [-0.2, -0.15) is 5.10 Å². The molecule has 1 aromatic heterocycles. The molecule has 0 unspecified atom stereocenters. The number of halogens is 1. The Kier molecular flexibility index (Phi) is 4.91. The minimum atomic E-state index is 0.605. The van der Waals surface area contributed by atoms with Gasteiger partial charge in [0.05, 0.1) is 11.7 Å². The lowest BCUT2D eigenvalue weighted by atomic mass is 9.96. The highest BCUT2D eigenvalue weighted by Gasteiger charge is 2.16. The lowest BCUT2D eigenvalue weighted by molar-refractivity contribution is 0.328. The number of nitrogen functional groups attached to an aromatic ring is 1. The van der Waals surface area contributed by atoms with Crippen molar-refractivity contribution in [1.29, 1.82) is 0 Å². The molecule has 1 aliphatic rings. The average molecular weight is 366 g/mol. The molecule has 0 atom stereocenters. The number of rotatable bonds is 4. The first kappa shape index (κ1) is 15.0. The summed E-state index contributed by atoms with van der Waals surface area (Å²) in [4.78, 5) is 1.11. The standard InChI is InChI=1S/C16H20BrN3S/c17-12-6-7-15(18)16(10-12)21-11-13-8-9-20(19-13)14-4-2-1-3-5-14/h6-10,14H,1-5,11,18H2. The van der Waals surface area contributed by atoms with Crippen LogP contribution in [0.1, 0.15) is 43.8 Å². The van der Waals surface area contributed by atoms with E-state index in [4.69, 9.17) is 10.8 Å². The van der Waals surface area contributed by atoms with Crippen molar-refractivity contribution in [2.24, 2.45) is 0 Å². The van der Waals surface area contributed by atoms with Gasteiger partial charge in [0.1, 0.15) is 0 Å². The molecule has 2 N–H and O–H groups in total. The summed E-state index contributed by atoms with van der Waals surface area (Å²) in [5, 5.41) is 4.74. The van der Waals surface area contributed by atoms with Gasteiger partial charge in [0.2, 0.25) is 0 Å². The van der Waals surface area contributed by atoms with Crippen LogP contribution in [0.25, 0.3) is 0 Å². The quantitative estimate of drug-likeness (QED) is 0.610. The van der Waals surface area contributed by atoms with Crippen LogP contribution in [0.2, 0.25) is 0 Å². The third-order valence-corrected chi connectivity index (χ3v) is 5.56. The molecule has 5 heteroatoms. The van der Waals surface area contributed by atoms with Gasteiger partial charge in [-0.25, -0.2) is 0 Å². The van der Waals surface area contributed by atoms with E-state index in [1.807, 2.05) is 12.1 Å². The van der Waals surface area contributed by atoms with Crippen molar-refractivity contribution in [2.75, 3.05) is 5.73 Å². The van der Waals surface area contributed by atoms with E-state index in [-0.39, 0.29) is 0 Å². The second kappa shape index (κ2) is 6.88. The highest BCUT2D eigenvalue weighted by Crippen LogP contribution is 2.31. The van der Waals surface area contributed by atoms with Gasteiger partial charge in [-0.3, -0.25) is 4.68 Å². The van der Waals surface area contributed by atoms with Crippen LogP contribution in [0.3, 0.4) is 0 Å². The Bertz CT molecular complexity index is 605. The van der Waals surface area contributed by atoms with E-state index in [1.165, 1.54) is 32.1 Å². The lowest BCUT2D eigenvalue weighted by Gasteiger charge is -2.21. The Balaban J connectivity index is 1.63. The van der Waals surface area contributed by atoms with Crippen LogP contribution in [0.15, 0.2) is 39.8 Å². The maximum absolute atomic E-state index is 6.01. The van der Waals surface area contributed by atoms with Crippen molar-refractivity contribution in [3.63, 3.8) is 0 Å². The van der Waals surface area contributed by atoms with Crippen LogP contribution in [0.5, 0.6) is 0 Å². The van der Waals surface area contributed by atoms with Crippen LogP contribution in [-0.2, 0) is 5.75 Å². The molecule has 1 saturated carbocycles. The van der Waals surface area contributed by atoms with Crippen molar-refractivity contribution < 1.29 is 0 Å².